The summed E-state index contributed by atoms with van der Waals surface area (Å²) in [4.78, 5) is 68.8. The van der Waals surface area contributed by atoms with Crippen LogP contribution in [0.5, 0.6) is 0 Å². The predicted octanol–water partition coefficient (Wildman–Crippen LogP) is 5.52. The minimum atomic E-state index is -4.37. The molecule has 0 saturated heterocycles. The van der Waals surface area contributed by atoms with Crippen LogP contribution in [-0.4, -0.2) is 81.0 Å². The lowest BCUT2D eigenvalue weighted by Crippen LogP contribution is -2.29. The van der Waals surface area contributed by atoms with Gasteiger partial charge in [-0.2, -0.15) is 8.42 Å². The Morgan fingerprint density at radius 1 is 0.904 bits per heavy atom. The van der Waals surface area contributed by atoms with E-state index in [4.69, 9.17) is 14.7 Å². The second-order valence-corrected chi connectivity index (χ2v) is 15.2. The van der Waals surface area contributed by atoms with Crippen LogP contribution in [0.3, 0.4) is 0 Å². The van der Waals surface area contributed by atoms with Crippen molar-refractivity contribution in [1.82, 2.24) is 25.3 Å². The fraction of sp³-hybridized carbons (Fsp3) is 0.459. The van der Waals surface area contributed by atoms with Crippen molar-refractivity contribution in [3.05, 3.63) is 68.8 Å². The molecule has 2 aliphatic rings. The van der Waals surface area contributed by atoms with Gasteiger partial charge < -0.3 is 25.1 Å². The van der Waals surface area contributed by atoms with E-state index in [9.17, 15) is 37.3 Å². The predicted molar refractivity (Wildman–Crippen MR) is 194 cm³/mol. The maximum absolute atomic E-state index is 13.9. The number of carbonyl (C=O) groups is 4. The number of aliphatic carboxylic acids is 1. The molecule has 2 aliphatic heterocycles. The Morgan fingerprint density at radius 3 is 2.12 bits per heavy atom. The van der Waals surface area contributed by atoms with Crippen molar-refractivity contribution < 1.29 is 42.0 Å². The zero-order valence-corrected chi connectivity index (χ0v) is 31.2. The average Bonchev–Trinajstić information content (AvgIpc) is 3.74. The van der Waals surface area contributed by atoms with E-state index in [0.717, 1.165) is 23.4 Å². The Kier molecular flexibility index (Phi) is 11.1. The topological polar surface area (TPSA) is 221 Å². The zero-order valence-electron chi connectivity index (χ0n) is 30.3. The van der Waals surface area contributed by atoms with Gasteiger partial charge in [-0.05, 0) is 62.9 Å². The molecule has 0 radical (unpaired) electrons. The molecular formula is C37H45N5O9S. The lowest BCUT2D eigenvalue weighted by molar-refractivity contribution is -0.140. The molecule has 4 atom stereocenters. The molecule has 5 N–H and O–H groups in total. The standard InChI is InChI=1S/C37H45N5O9S/c1-8-22-17(2)25-16-30-33(21(6)43)19(4)27(40-30)14-26-18(3)23(9-10-31(44)45)35(41-26)24(13-32(46)51-7)36-34(37(47)38-11-12-52(48,49)50)20(5)28(42-36)15-29(22)39-25/h14-18,22-23,40,42H,8-13H2,1-7H3,(H,38,47)(H,44,45)(H,48,49,50)/t17-,18+,22-,23+/m1/s1. The molecule has 278 valence electrons. The van der Waals surface area contributed by atoms with E-state index in [2.05, 4.69) is 29.1 Å². The molecule has 14 nitrogen and oxygen atoms in total. The molecular weight excluding hydrogens is 691 g/mol. The number of fused-ring (bicyclic) bond motifs is 8. The van der Waals surface area contributed by atoms with Gasteiger partial charge in [-0.3, -0.25) is 33.7 Å². The third-order valence-electron chi connectivity index (χ3n) is 10.4. The maximum Gasteiger partial charge on any atom is 0.310 e. The number of nitrogens with one attached hydrogen (secondary N) is 3. The fourth-order valence-corrected chi connectivity index (χ4v) is 7.87. The van der Waals surface area contributed by atoms with Gasteiger partial charge in [0, 0.05) is 75.9 Å². The molecule has 0 saturated carbocycles. The second kappa shape index (κ2) is 15.0. The highest BCUT2D eigenvalue weighted by Crippen LogP contribution is 2.43. The fourth-order valence-electron chi connectivity index (χ4n) is 7.51. The van der Waals surface area contributed by atoms with Crippen LogP contribution >= 0.6 is 0 Å². The minimum absolute atomic E-state index is 0.0151. The molecule has 3 aromatic rings. The van der Waals surface area contributed by atoms with Crippen LogP contribution in [0.1, 0.15) is 131 Å². The van der Waals surface area contributed by atoms with Gasteiger partial charge in [0.15, 0.2) is 5.78 Å². The molecule has 15 heteroatoms. The van der Waals surface area contributed by atoms with Gasteiger partial charge >= 0.3 is 11.9 Å². The number of carboxylic acid groups (broad SMARTS) is 1. The number of hydrogen-bond donors (Lipinski definition) is 5. The van der Waals surface area contributed by atoms with Crippen molar-refractivity contribution in [2.24, 2.45) is 0 Å². The second-order valence-electron chi connectivity index (χ2n) is 13.6. The number of carbonyl (C=O) groups excluding carboxylic acids is 3. The normalized spacial score (nSPS) is 18.6. The minimum Gasteiger partial charge on any atom is -0.481 e. The van der Waals surface area contributed by atoms with Crippen molar-refractivity contribution >= 4 is 55.8 Å². The summed E-state index contributed by atoms with van der Waals surface area (Å²) in [5, 5.41) is 12.3. The number of aromatic amines is 2. The highest BCUT2D eigenvalue weighted by atomic mass is 32.2. The summed E-state index contributed by atoms with van der Waals surface area (Å²) in [6.07, 6.45) is 0.386. The third kappa shape index (κ3) is 7.65. The van der Waals surface area contributed by atoms with Gasteiger partial charge in [-0.15, -0.1) is 0 Å². The Bertz CT molecular complexity index is 2240. The third-order valence-corrected chi connectivity index (χ3v) is 11.1. The maximum atomic E-state index is 13.9. The van der Waals surface area contributed by atoms with Crippen LogP contribution in [0.25, 0.3) is 22.1 Å². The number of Topliss-reactive ketones (excluding diaryl/α,β-unsaturated/α-hetero) is 1. The first kappa shape index (κ1) is 38.3. The molecule has 0 spiro atoms. The van der Waals surface area contributed by atoms with Crippen molar-refractivity contribution in [3.8, 4) is 0 Å². The molecule has 0 aliphatic carbocycles. The van der Waals surface area contributed by atoms with E-state index in [0.29, 0.717) is 44.6 Å². The number of amides is 1. The van der Waals surface area contributed by atoms with Gasteiger partial charge in [0.25, 0.3) is 16.0 Å². The van der Waals surface area contributed by atoms with Crippen molar-refractivity contribution in [3.63, 3.8) is 0 Å². The van der Waals surface area contributed by atoms with Crippen molar-refractivity contribution in [2.45, 2.75) is 90.9 Å². The van der Waals surface area contributed by atoms with E-state index in [1.54, 1.807) is 6.92 Å². The number of rotatable bonds is 11. The summed E-state index contributed by atoms with van der Waals surface area (Å²) in [6, 6.07) is 5.59. The SMILES string of the molecule is CC[C@H]1c2cc3[nH]c(c(CC(=O)OC)c4nc(cc5[nH]c(cc(n2)[C@@H]1C)c(C(C)=O)c5C)[C@@H](C)[C@@H]4CCC(=O)O)c(C(=O)NCCS(=O)(=O)O)c3C. The molecule has 52 heavy (non-hydrogen) atoms. The molecule has 5 heterocycles. The summed E-state index contributed by atoms with van der Waals surface area (Å²) in [5.41, 5.74) is 6.67. The van der Waals surface area contributed by atoms with Crippen LogP contribution in [-0.2, 0) is 30.9 Å². The number of aryl methyl sites for hydroxylation is 2. The highest BCUT2D eigenvalue weighted by molar-refractivity contribution is 7.85. The van der Waals surface area contributed by atoms with Crippen molar-refractivity contribution in [1.29, 1.82) is 0 Å². The number of esters is 1. The molecule has 1 amide bonds. The van der Waals surface area contributed by atoms with E-state index < -0.39 is 39.6 Å². The number of hydrogen-bond acceptors (Lipinski definition) is 9. The molecule has 0 fully saturated rings. The smallest absolute Gasteiger partial charge is 0.310 e. The van der Waals surface area contributed by atoms with Gasteiger partial charge in [0.05, 0.1) is 41.6 Å². The first-order chi connectivity index (χ1) is 24.4. The van der Waals surface area contributed by atoms with Gasteiger partial charge in [0.1, 0.15) is 0 Å². The quantitative estimate of drug-likeness (QED) is 0.0938. The number of methoxy groups -OCH3 is 1. The van der Waals surface area contributed by atoms with Gasteiger partial charge in [-0.25, -0.2) is 0 Å². The lowest BCUT2D eigenvalue weighted by Gasteiger charge is -2.17. The van der Waals surface area contributed by atoms with Crippen molar-refractivity contribution in [2.75, 3.05) is 19.4 Å². The average molecular weight is 736 g/mol. The van der Waals surface area contributed by atoms with Gasteiger partial charge in [0.2, 0.25) is 0 Å². The number of ether oxygens (including phenoxy) is 1. The Morgan fingerprint density at radius 2 is 1.50 bits per heavy atom. The van der Waals surface area contributed by atoms with Crippen LogP contribution < -0.4 is 5.32 Å². The number of ketones is 1. The molecule has 5 rings (SSSR count). The summed E-state index contributed by atoms with van der Waals surface area (Å²) >= 11 is 0. The number of H-pyrrole nitrogens is 2. The monoisotopic (exact) mass is 735 g/mol. The largest absolute Gasteiger partial charge is 0.481 e. The first-order valence-electron chi connectivity index (χ1n) is 17.2. The molecule has 0 unspecified atom stereocenters. The lowest BCUT2D eigenvalue weighted by atomic mass is 9.85. The Hall–Kier alpha value is -4.89. The van der Waals surface area contributed by atoms with Crippen LogP contribution in [0.4, 0.5) is 0 Å². The van der Waals surface area contributed by atoms with Crippen LogP contribution in [0, 0.1) is 13.8 Å². The van der Waals surface area contributed by atoms with Crippen LogP contribution in [0.2, 0.25) is 0 Å². The van der Waals surface area contributed by atoms with E-state index >= 15 is 0 Å². The summed E-state index contributed by atoms with van der Waals surface area (Å²) < 4.78 is 37.3. The van der Waals surface area contributed by atoms with Gasteiger partial charge in [-0.1, -0.05) is 20.8 Å². The van der Waals surface area contributed by atoms with E-state index in [1.165, 1.54) is 14.0 Å². The number of aromatic nitrogens is 4. The van der Waals surface area contributed by atoms with E-state index in [-0.39, 0.29) is 60.4 Å². The highest BCUT2D eigenvalue weighted by Gasteiger charge is 2.34. The van der Waals surface area contributed by atoms with E-state index in [1.807, 2.05) is 32.0 Å². The number of carboxylic acids is 1. The molecule has 3 aromatic heterocycles. The first-order valence-corrected chi connectivity index (χ1v) is 18.9. The summed E-state index contributed by atoms with van der Waals surface area (Å²) in [5.74, 6) is -4.01. The Labute approximate surface area is 301 Å². The molecule has 8 bridgehead atoms. The van der Waals surface area contributed by atoms with Crippen LogP contribution in [0.15, 0.2) is 18.2 Å². The summed E-state index contributed by atoms with van der Waals surface area (Å²) in [7, 11) is -3.14. The zero-order chi connectivity index (χ0) is 38.2. The summed E-state index contributed by atoms with van der Waals surface area (Å²) in [6.45, 7) is 10.7. The Balaban J connectivity index is 1.99. The molecule has 0 aromatic carbocycles. The number of nitrogens with zero attached hydrogens (tertiary/aromatic N) is 2.